The van der Waals surface area contributed by atoms with Gasteiger partial charge in [-0.3, -0.25) is 4.79 Å². The monoisotopic (exact) mass is 237 g/mol. The number of methoxy groups -OCH3 is 1. The maximum Gasteiger partial charge on any atom is 0.246 e. The van der Waals surface area contributed by atoms with E-state index < -0.39 is 0 Å². The van der Waals surface area contributed by atoms with E-state index in [2.05, 4.69) is 5.32 Å². The molecule has 1 unspecified atom stereocenters. The zero-order chi connectivity index (χ0) is 11.7. The molecule has 0 aromatic rings. The van der Waals surface area contributed by atoms with Crippen LogP contribution in [-0.4, -0.2) is 44.8 Å². The first-order valence-corrected chi connectivity index (χ1v) is 5.49. The fourth-order valence-corrected chi connectivity index (χ4v) is 0.882. The Morgan fingerprint density at radius 2 is 2.07 bits per heavy atom. The summed E-state index contributed by atoms with van der Waals surface area (Å²) >= 11 is 5.97. The fraction of sp³-hybridized carbons (Fsp3) is 0.900. The molecule has 0 saturated heterocycles. The number of carbonyl (C=O) groups excluding carboxylic acids is 1. The molecule has 90 valence electrons. The first-order valence-electron chi connectivity index (χ1n) is 5.05. The lowest BCUT2D eigenvalue weighted by atomic mass is 10.1. The molecule has 0 spiro atoms. The lowest BCUT2D eigenvalue weighted by molar-refractivity contribution is -0.126. The van der Waals surface area contributed by atoms with Gasteiger partial charge in [0, 0.05) is 13.7 Å². The van der Waals surface area contributed by atoms with Crippen molar-refractivity contribution >= 4 is 17.5 Å². The summed E-state index contributed by atoms with van der Waals surface area (Å²) in [5.74, 6) is 0.207. The zero-order valence-corrected chi connectivity index (χ0v) is 10.3. The van der Waals surface area contributed by atoms with Crippen LogP contribution in [0.25, 0.3) is 0 Å². The van der Waals surface area contributed by atoms with Crippen LogP contribution in [0, 0.1) is 5.92 Å². The minimum Gasteiger partial charge on any atom is -0.382 e. The number of hydrogen-bond donors (Lipinski definition) is 1. The number of nitrogens with one attached hydrogen (secondary N) is 1. The van der Waals surface area contributed by atoms with Crippen LogP contribution in [0.5, 0.6) is 0 Å². The molecular weight excluding hydrogens is 218 g/mol. The van der Waals surface area contributed by atoms with Gasteiger partial charge in [-0.15, -0.1) is 11.6 Å². The van der Waals surface area contributed by atoms with Gasteiger partial charge in [0.05, 0.1) is 18.6 Å². The molecule has 1 amide bonds. The summed E-state index contributed by atoms with van der Waals surface area (Å²) in [4.78, 5) is 11.2. The molecule has 5 heteroatoms. The molecule has 0 aliphatic rings. The number of ether oxygens (including phenoxy) is 2. The minimum absolute atomic E-state index is 0.0343. The van der Waals surface area contributed by atoms with Crippen LogP contribution in [0.1, 0.15) is 13.8 Å². The molecule has 0 aromatic heterocycles. The van der Waals surface area contributed by atoms with Crippen molar-refractivity contribution < 1.29 is 14.3 Å². The van der Waals surface area contributed by atoms with Gasteiger partial charge in [0.25, 0.3) is 0 Å². The average molecular weight is 238 g/mol. The SMILES string of the molecule is COCCOCC(=O)NCC(Cl)C(C)C. The van der Waals surface area contributed by atoms with Crippen molar-refractivity contribution in [2.45, 2.75) is 19.2 Å². The third kappa shape index (κ3) is 8.66. The molecule has 0 bridgehead atoms. The fourth-order valence-electron chi connectivity index (χ4n) is 0.805. The van der Waals surface area contributed by atoms with Gasteiger partial charge in [-0.1, -0.05) is 13.8 Å². The second-order valence-electron chi connectivity index (χ2n) is 3.61. The third-order valence-corrected chi connectivity index (χ3v) is 2.54. The van der Waals surface area contributed by atoms with Crippen molar-refractivity contribution in [3.8, 4) is 0 Å². The molecule has 1 atom stereocenters. The smallest absolute Gasteiger partial charge is 0.246 e. The Bertz CT molecular complexity index is 176. The van der Waals surface area contributed by atoms with E-state index in [4.69, 9.17) is 21.1 Å². The third-order valence-electron chi connectivity index (χ3n) is 1.88. The van der Waals surface area contributed by atoms with Crippen molar-refractivity contribution in [2.75, 3.05) is 33.5 Å². The Kier molecular flexibility index (Phi) is 8.76. The van der Waals surface area contributed by atoms with E-state index in [1.54, 1.807) is 7.11 Å². The van der Waals surface area contributed by atoms with Crippen LogP contribution in [0.4, 0.5) is 0 Å². The van der Waals surface area contributed by atoms with Gasteiger partial charge in [-0.2, -0.15) is 0 Å². The molecule has 0 rings (SSSR count). The molecule has 1 N–H and O–H groups in total. The predicted molar refractivity (Wildman–Crippen MR) is 60.2 cm³/mol. The zero-order valence-electron chi connectivity index (χ0n) is 9.59. The minimum atomic E-state index is -0.141. The van der Waals surface area contributed by atoms with E-state index in [-0.39, 0.29) is 17.9 Å². The number of carbonyl (C=O) groups is 1. The van der Waals surface area contributed by atoms with Crippen molar-refractivity contribution in [1.29, 1.82) is 0 Å². The van der Waals surface area contributed by atoms with Gasteiger partial charge in [-0.05, 0) is 5.92 Å². The Balaban J connectivity index is 3.41. The summed E-state index contributed by atoms with van der Waals surface area (Å²) in [6.07, 6.45) is 0. The molecule has 0 aromatic carbocycles. The van der Waals surface area contributed by atoms with Crippen molar-refractivity contribution in [1.82, 2.24) is 5.32 Å². The maximum absolute atomic E-state index is 11.2. The molecule has 0 saturated carbocycles. The second-order valence-corrected chi connectivity index (χ2v) is 4.17. The van der Waals surface area contributed by atoms with Crippen LogP contribution in [0.3, 0.4) is 0 Å². The van der Waals surface area contributed by atoms with Crippen LogP contribution >= 0.6 is 11.6 Å². The molecule has 15 heavy (non-hydrogen) atoms. The van der Waals surface area contributed by atoms with Crippen LogP contribution in [0.2, 0.25) is 0 Å². The Hall–Kier alpha value is -0.320. The molecule has 0 aliphatic heterocycles. The van der Waals surface area contributed by atoms with Gasteiger partial charge in [0.2, 0.25) is 5.91 Å². The molecule has 0 fully saturated rings. The van der Waals surface area contributed by atoms with Gasteiger partial charge in [0.1, 0.15) is 6.61 Å². The first kappa shape index (κ1) is 14.7. The molecular formula is C10H20ClNO3. The topological polar surface area (TPSA) is 47.6 Å². The van der Waals surface area contributed by atoms with E-state index in [0.717, 1.165) is 0 Å². The van der Waals surface area contributed by atoms with E-state index in [0.29, 0.717) is 25.7 Å². The van der Waals surface area contributed by atoms with E-state index >= 15 is 0 Å². The molecule has 0 radical (unpaired) electrons. The largest absolute Gasteiger partial charge is 0.382 e. The number of rotatable bonds is 8. The number of hydrogen-bond acceptors (Lipinski definition) is 3. The van der Waals surface area contributed by atoms with Crippen molar-refractivity contribution in [3.63, 3.8) is 0 Å². The van der Waals surface area contributed by atoms with Gasteiger partial charge in [0.15, 0.2) is 0 Å². The Morgan fingerprint density at radius 3 is 2.60 bits per heavy atom. The summed E-state index contributed by atoms with van der Waals surface area (Å²) in [5, 5.41) is 2.67. The molecule has 0 heterocycles. The normalized spacial score (nSPS) is 12.9. The van der Waals surface area contributed by atoms with Crippen LogP contribution < -0.4 is 5.32 Å². The summed E-state index contributed by atoms with van der Waals surface area (Å²) in [7, 11) is 1.59. The summed E-state index contributed by atoms with van der Waals surface area (Å²) in [6.45, 7) is 5.49. The number of amides is 1. The number of halogens is 1. The highest BCUT2D eigenvalue weighted by Crippen LogP contribution is 2.07. The highest BCUT2D eigenvalue weighted by Gasteiger charge is 2.10. The average Bonchev–Trinajstić information content (AvgIpc) is 2.20. The first-order chi connectivity index (χ1) is 7.07. The second kappa shape index (κ2) is 8.95. The summed E-state index contributed by atoms with van der Waals surface area (Å²) in [6, 6.07) is 0. The van der Waals surface area contributed by atoms with Crippen molar-refractivity contribution in [2.24, 2.45) is 5.92 Å². The quantitative estimate of drug-likeness (QED) is 0.507. The molecule has 0 aliphatic carbocycles. The predicted octanol–water partition coefficient (Wildman–Crippen LogP) is 1.03. The number of alkyl halides is 1. The Labute approximate surface area is 96.3 Å². The lowest BCUT2D eigenvalue weighted by Crippen LogP contribution is -2.34. The van der Waals surface area contributed by atoms with E-state index in [1.807, 2.05) is 13.8 Å². The highest BCUT2D eigenvalue weighted by atomic mass is 35.5. The van der Waals surface area contributed by atoms with Crippen LogP contribution in [-0.2, 0) is 14.3 Å². The van der Waals surface area contributed by atoms with Gasteiger partial charge >= 0.3 is 0 Å². The lowest BCUT2D eigenvalue weighted by Gasteiger charge is -2.13. The van der Waals surface area contributed by atoms with Crippen molar-refractivity contribution in [3.05, 3.63) is 0 Å². The Morgan fingerprint density at radius 1 is 1.40 bits per heavy atom. The van der Waals surface area contributed by atoms with E-state index in [9.17, 15) is 4.79 Å². The molecule has 4 nitrogen and oxygen atoms in total. The standard InChI is InChI=1S/C10H20ClNO3/c1-8(2)9(11)6-12-10(13)7-15-5-4-14-3/h8-9H,4-7H2,1-3H3,(H,12,13). The summed E-state index contributed by atoms with van der Waals surface area (Å²) < 4.78 is 9.82. The summed E-state index contributed by atoms with van der Waals surface area (Å²) in [5.41, 5.74) is 0. The van der Waals surface area contributed by atoms with Crippen LogP contribution in [0.15, 0.2) is 0 Å². The van der Waals surface area contributed by atoms with E-state index in [1.165, 1.54) is 0 Å². The maximum atomic E-state index is 11.2. The van der Waals surface area contributed by atoms with Gasteiger partial charge in [-0.25, -0.2) is 0 Å². The van der Waals surface area contributed by atoms with Gasteiger partial charge < -0.3 is 14.8 Å². The highest BCUT2D eigenvalue weighted by molar-refractivity contribution is 6.21.